The van der Waals surface area contributed by atoms with Gasteiger partial charge in [-0.3, -0.25) is 4.90 Å². The number of fused-ring (bicyclic) bond motifs is 3. The van der Waals surface area contributed by atoms with Crippen LogP contribution in [0.4, 0.5) is 0 Å². The lowest BCUT2D eigenvalue weighted by atomic mass is 9.84. The van der Waals surface area contributed by atoms with Gasteiger partial charge in [-0.2, -0.15) is 0 Å². The summed E-state index contributed by atoms with van der Waals surface area (Å²) in [6.07, 6.45) is 2.53. The van der Waals surface area contributed by atoms with Crippen molar-refractivity contribution in [1.29, 1.82) is 0 Å². The van der Waals surface area contributed by atoms with Gasteiger partial charge in [0.2, 0.25) is 0 Å². The number of nitrogens with zero attached hydrogens (tertiary/aromatic N) is 1. The highest BCUT2D eigenvalue weighted by atomic mass is 16.6. The van der Waals surface area contributed by atoms with Crippen molar-refractivity contribution in [3.8, 4) is 5.75 Å². The molecule has 1 saturated heterocycles. The molecule has 0 saturated carbocycles. The molecule has 3 rings (SSSR count). The molecule has 3 atom stereocenters. The Bertz CT molecular complexity index is 477. The van der Waals surface area contributed by atoms with Gasteiger partial charge in [-0.25, -0.2) is 0 Å². The largest absolute Gasteiger partial charge is 0.497 e. The van der Waals surface area contributed by atoms with Crippen molar-refractivity contribution in [3.05, 3.63) is 29.3 Å². The van der Waals surface area contributed by atoms with Crippen LogP contribution in [0.1, 0.15) is 37.0 Å². The van der Waals surface area contributed by atoms with Gasteiger partial charge < -0.3 is 14.6 Å². The first-order chi connectivity index (χ1) is 9.72. The van der Waals surface area contributed by atoms with Crippen molar-refractivity contribution in [3.63, 3.8) is 0 Å². The summed E-state index contributed by atoms with van der Waals surface area (Å²) in [5, 5.41) is 10.0. The number of aliphatic hydroxyl groups excluding tert-OH is 1. The molecule has 1 heterocycles. The summed E-state index contributed by atoms with van der Waals surface area (Å²) in [7, 11) is 1.68. The molecule has 4 heteroatoms. The molecule has 1 unspecified atom stereocenters. The Hall–Kier alpha value is -1.10. The monoisotopic (exact) mass is 277 g/mol. The molecule has 20 heavy (non-hydrogen) atoms. The van der Waals surface area contributed by atoms with E-state index in [1.807, 2.05) is 6.07 Å². The van der Waals surface area contributed by atoms with E-state index in [0.717, 1.165) is 31.6 Å². The van der Waals surface area contributed by atoms with Gasteiger partial charge in [0.15, 0.2) is 6.29 Å². The SMILES string of the molecule is CCCN1CC(O)O[C@@H]2c3cc(OC)ccc3CC[C@H]21. The Morgan fingerprint density at radius 1 is 1.45 bits per heavy atom. The molecule has 1 aliphatic carbocycles. The van der Waals surface area contributed by atoms with Crippen LogP contribution in [0.2, 0.25) is 0 Å². The van der Waals surface area contributed by atoms with Crippen molar-refractivity contribution in [1.82, 2.24) is 4.90 Å². The zero-order valence-corrected chi connectivity index (χ0v) is 12.2. The van der Waals surface area contributed by atoms with E-state index < -0.39 is 6.29 Å². The Morgan fingerprint density at radius 3 is 3.05 bits per heavy atom. The van der Waals surface area contributed by atoms with Gasteiger partial charge in [0, 0.05) is 12.6 Å². The third kappa shape index (κ3) is 2.43. The first-order valence-electron chi connectivity index (χ1n) is 7.47. The summed E-state index contributed by atoms with van der Waals surface area (Å²) < 4.78 is 11.2. The molecule has 0 radical (unpaired) electrons. The number of β-amino-alcohol motifs (C(OH)–C–C–N with tert-alkyl or cyclic N) is 1. The Morgan fingerprint density at radius 2 is 2.30 bits per heavy atom. The molecule has 2 aliphatic rings. The predicted molar refractivity (Wildman–Crippen MR) is 76.8 cm³/mol. The minimum atomic E-state index is -0.694. The number of benzene rings is 1. The fourth-order valence-corrected chi connectivity index (χ4v) is 3.49. The second kappa shape index (κ2) is 5.72. The van der Waals surface area contributed by atoms with E-state index in [1.54, 1.807) is 7.11 Å². The molecule has 1 N–H and O–H groups in total. The number of aryl methyl sites for hydroxylation is 1. The molecule has 110 valence electrons. The molecule has 0 amide bonds. The first-order valence-corrected chi connectivity index (χ1v) is 7.47. The summed E-state index contributed by atoms with van der Waals surface area (Å²) in [6.45, 7) is 3.81. The number of morpholine rings is 1. The molecule has 4 nitrogen and oxygen atoms in total. The van der Waals surface area contributed by atoms with E-state index in [4.69, 9.17) is 9.47 Å². The topological polar surface area (TPSA) is 41.9 Å². The number of hydrogen-bond acceptors (Lipinski definition) is 4. The second-order valence-corrected chi connectivity index (χ2v) is 5.68. The molecule has 0 bridgehead atoms. The molecule has 0 aromatic heterocycles. The average molecular weight is 277 g/mol. The lowest BCUT2D eigenvalue weighted by Gasteiger charge is -2.46. The Labute approximate surface area is 120 Å². The lowest BCUT2D eigenvalue weighted by molar-refractivity contribution is -0.210. The zero-order valence-electron chi connectivity index (χ0n) is 12.2. The maximum Gasteiger partial charge on any atom is 0.168 e. The van der Waals surface area contributed by atoms with Crippen molar-refractivity contribution in [2.24, 2.45) is 0 Å². The summed E-state index contributed by atoms with van der Waals surface area (Å²) >= 11 is 0. The van der Waals surface area contributed by atoms with Crippen molar-refractivity contribution in [2.45, 2.75) is 44.6 Å². The van der Waals surface area contributed by atoms with Crippen molar-refractivity contribution >= 4 is 0 Å². The van der Waals surface area contributed by atoms with Gasteiger partial charge in [-0.15, -0.1) is 0 Å². The molecule has 1 aromatic carbocycles. The van der Waals surface area contributed by atoms with E-state index in [9.17, 15) is 5.11 Å². The molecule has 1 fully saturated rings. The van der Waals surface area contributed by atoms with Crippen molar-refractivity contribution < 1.29 is 14.6 Å². The number of aliphatic hydroxyl groups is 1. The minimum Gasteiger partial charge on any atom is -0.497 e. The van der Waals surface area contributed by atoms with Gasteiger partial charge in [0.05, 0.1) is 7.11 Å². The number of hydrogen-bond donors (Lipinski definition) is 1. The molecule has 1 aliphatic heterocycles. The average Bonchev–Trinajstić information content (AvgIpc) is 2.46. The summed E-state index contributed by atoms with van der Waals surface area (Å²) in [5.74, 6) is 0.857. The van der Waals surface area contributed by atoms with Crippen LogP contribution in [0.15, 0.2) is 18.2 Å². The van der Waals surface area contributed by atoms with Crippen LogP contribution in [0.25, 0.3) is 0 Å². The van der Waals surface area contributed by atoms with Gasteiger partial charge in [-0.1, -0.05) is 13.0 Å². The van der Waals surface area contributed by atoms with Crippen molar-refractivity contribution in [2.75, 3.05) is 20.2 Å². The van der Waals surface area contributed by atoms with E-state index in [0.29, 0.717) is 12.6 Å². The smallest absolute Gasteiger partial charge is 0.168 e. The molecule has 0 spiro atoms. The van der Waals surface area contributed by atoms with Crippen LogP contribution in [-0.2, 0) is 11.2 Å². The standard InChI is InChI=1S/C16H23NO3/c1-3-8-17-10-15(18)20-16-13-9-12(19-2)6-4-11(13)5-7-14(16)17/h4,6,9,14-16,18H,3,5,7-8,10H2,1-2H3/t14-,15?,16-/m1/s1. The van der Waals surface area contributed by atoms with Crippen LogP contribution in [0, 0.1) is 0 Å². The van der Waals surface area contributed by atoms with E-state index >= 15 is 0 Å². The van der Waals surface area contributed by atoms with Gasteiger partial charge in [0.1, 0.15) is 11.9 Å². The number of methoxy groups -OCH3 is 1. The molecular formula is C16H23NO3. The fourth-order valence-electron chi connectivity index (χ4n) is 3.49. The molecule has 1 aromatic rings. The Balaban J connectivity index is 1.93. The first kappa shape index (κ1) is 13.9. The second-order valence-electron chi connectivity index (χ2n) is 5.68. The minimum absolute atomic E-state index is 0.0378. The Kier molecular flexibility index (Phi) is 3.96. The van der Waals surface area contributed by atoms with Crippen LogP contribution < -0.4 is 4.74 Å². The van der Waals surface area contributed by atoms with E-state index in [-0.39, 0.29) is 6.10 Å². The van der Waals surface area contributed by atoms with E-state index in [2.05, 4.69) is 24.0 Å². The predicted octanol–water partition coefficient (Wildman–Crippen LogP) is 2.11. The number of rotatable bonds is 3. The van der Waals surface area contributed by atoms with Gasteiger partial charge >= 0.3 is 0 Å². The highest BCUT2D eigenvalue weighted by Crippen LogP contribution is 2.40. The maximum atomic E-state index is 10.0. The summed E-state index contributed by atoms with van der Waals surface area (Å²) in [5.41, 5.74) is 2.50. The lowest BCUT2D eigenvalue weighted by Crippen LogP contribution is -2.52. The highest BCUT2D eigenvalue weighted by molar-refractivity contribution is 5.40. The zero-order chi connectivity index (χ0) is 14.1. The fraction of sp³-hybridized carbons (Fsp3) is 0.625. The third-order valence-electron chi connectivity index (χ3n) is 4.39. The van der Waals surface area contributed by atoms with E-state index in [1.165, 1.54) is 11.1 Å². The quantitative estimate of drug-likeness (QED) is 0.919. The van der Waals surface area contributed by atoms with Gasteiger partial charge in [0.25, 0.3) is 0 Å². The number of ether oxygens (including phenoxy) is 2. The third-order valence-corrected chi connectivity index (χ3v) is 4.39. The molecular weight excluding hydrogens is 254 g/mol. The summed E-state index contributed by atoms with van der Waals surface area (Å²) in [4.78, 5) is 2.38. The highest BCUT2D eigenvalue weighted by Gasteiger charge is 2.40. The van der Waals surface area contributed by atoms with Crippen LogP contribution in [0.5, 0.6) is 5.75 Å². The van der Waals surface area contributed by atoms with Crippen LogP contribution >= 0.6 is 0 Å². The van der Waals surface area contributed by atoms with Crippen LogP contribution in [0.3, 0.4) is 0 Å². The normalized spacial score (nSPS) is 29.6. The van der Waals surface area contributed by atoms with Gasteiger partial charge in [-0.05, 0) is 49.1 Å². The maximum absolute atomic E-state index is 10.0. The van der Waals surface area contributed by atoms with Crippen LogP contribution in [-0.4, -0.2) is 42.5 Å². The summed E-state index contributed by atoms with van der Waals surface area (Å²) in [6, 6.07) is 6.56.